The van der Waals surface area contributed by atoms with Gasteiger partial charge in [-0.2, -0.15) is 23.0 Å². The number of alkyl halides is 3. The third-order valence-electron chi connectivity index (χ3n) is 4.33. The minimum Gasteiger partial charge on any atom is -0.323 e. The highest BCUT2D eigenvalue weighted by Crippen LogP contribution is 2.30. The van der Waals surface area contributed by atoms with Gasteiger partial charge >= 0.3 is 6.18 Å². The molecule has 0 radical (unpaired) electrons. The number of rotatable bonds is 4. The van der Waals surface area contributed by atoms with E-state index in [0.29, 0.717) is 10.6 Å². The van der Waals surface area contributed by atoms with Gasteiger partial charge in [0, 0.05) is 0 Å². The number of fused-ring (bicyclic) bond motifs is 2. The van der Waals surface area contributed by atoms with Crippen molar-refractivity contribution < 1.29 is 13.2 Å². The molecule has 0 aliphatic heterocycles. The predicted molar refractivity (Wildman–Crippen MR) is 130 cm³/mol. The summed E-state index contributed by atoms with van der Waals surface area (Å²) in [6.07, 6.45) is -3.93. The van der Waals surface area contributed by atoms with Gasteiger partial charge < -0.3 is 5.32 Å². The highest BCUT2D eigenvalue weighted by molar-refractivity contribution is 7.22. The van der Waals surface area contributed by atoms with E-state index in [-0.39, 0.29) is 5.13 Å². The molecule has 0 saturated heterocycles. The SMILES string of the molecule is CNC.O=c1c(/C=N/Nc2nc3ccccc3s2)c(C(F)(F)F)[nH]n1-c1nc2ccccc2s1. The maximum Gasteiger partial charge on any atom is 0.433 e. The van der Waals surface area contributed by atoms with Gasteiger partial charge in [0.1, 0.15) is 0 Å². The fraction of sp³-hybridized carbons (Fsp3) is 0.143. The van der Waals surface area contributed by atoms with E-state index in [1.807, 2.05) is 38.4 Å². The highest BCUT2D eigenvalue weighted by Gasteiger charge is 2.38. The second-order valence-corrected chi connectivity index (χ2v) is 8.90. The molecule has 0 aliphatic carbocycles. The number of nitrogens with zero attached hydrogens (tertiary/aromatic N) is 4. The van der Waals surface area contributed by atoms with E-state index in [1.165, 1.54) is 11.3 Å². The Morgan fingerprint density at radius 2 is 1.59 bits per heavy atom. The summed E-state index contributed by atoms with van der Waals surface area (Å²) in [4.78, 5) is 21.3. The topological polar surface area (TPSA) is 100.0 Å². The Morgan fingerprint density at radius 1 is 1.00 bits per heavy atom. The number of hydrazone groups is 1. The van der Waals surface area contributed by atoms with Crippen LogP contribution in [0.25, 0.3) is 25.6 Å². The molecule has 3 aromatic heterocycles. The molecule has 0 bridgehead atoms. The Kier molecular flexibility index (Phi) is 6.77. The summed E-state index contributed by atoms with van der Waals surface area (Å²) in [5, 5.41) is 9.20. The van der Waals surface area contributed by atoms with E-state index in [9.17, 15) is 18.0 Å². The summed E-state index contributed by atoms with van der Waals surface area (Å²) >= 11 is 2.40. The van der Waals surface area contributed by atoms with Gasteiger partial charge in [0.15, 0.2) is 5.69 Å². The number of aromatic amines is 1. The lowest BCUT2D eigenvalue weighted by Crippen LogP contribution is -2.17. The molecule has 0 aliphatic rings. The number of H-pyrrole nitrogens is 1. The average Bonchev–Trinajstić information content (AvgIpc) is 3.49. The zero-order chi connectivity index (χ0) is 24.3. The third kappa shape index (κ3) is 4.85. The van der Waals surface area contributed by atoms with Gasteiger partial charge in [-0.3, -0.25) is 15.3 Å². The van der Waals surface area contributed by atoms with Crippen molar-refractivity contribution in [1.82, 2.24) is 25.1 Å². The molecule has 0 atom stereocenters. The van der Waals surface area contributed by atoms with Crippen LogP contribution in [0.1, 0.15) is 11.3 Å². The Morgan fingerprint density at radius 3 is 2.18 bits per heavy atom. The van der Waals surface area contributed by atoms with Crippen molar-refractivity contribution in [3.63, 3.8) is 0 Å². The Bertz CT molecular complexity index is 1450. The standard InChI is InChI=1S/C19H11F3N6OS2.C2H7N/c20-19(21,22)15-10(9-23-26-17-24-11-5-1-3-7-13(11)30-17)16(29)28(27-15)18-25-12-6-2-4-8-14(12)31-18;1-3-2/h1-9,27H,(H,24,26);3H,1-2H3/b23-9+;. The molecule has 2 aromatic carbocycles. The number of benzene rings is 2. The van der Waals surface area contributed by atoms with E-state index in [1.54, 1.807) is 24.3 Å². The van der Waals surface area contributed by atoms with E-state index in [0.717, 1.165) is 37.1 Å². The Hall–Kier alpha value is -3.55. The van der Waals surface area contributed by atoms with E-state index in [4.69, 9.17) is 0 Å². The van der Waals surface area contributed by atoms with Crippen LogP contribution in [0, 0.1) is 0 Å². The van der Waals surface area contributed by atoms with Crippen molar-refractivity contribution >= 4 is 54.5 Å². The van der Waals surface area contributed by atoms with Crippen LogP contribution in [-0.2, 0) is 6.18 Å². The van der Waals surface area contributed by atoms with Crippen LogP contribution in [0.4, 0.5) is 18.3 Å². The molecule has 0 amide bonds. The largest absolute Gasteiger partial charge is 0.433 e. The molecular weight excluding hydrogens is 487 g/mol. The van der Waals surface area contributed by atoms with Crippen LogP contribution in [-0.4, -0.2) is 40.1 Å². The van der Waals surface area contributed by atoms with Crippen molar-refractivity contribution in [3.8, 4) is 5.13 Å². The molecule has 0 saturated carbocycles. The second kappa shape index (κ2) is 9.75. The number of halogens is 3. The molecule has 8 nitrogen and oxygen atoms in total. The number of thiazole rings is 2. The molecule has 0 fully saturated rings. The molecule has 5 rings (SSSR count). The van der Waals surface area contributed by atoms with Crippen molar-refractivity contribution in [2.24, 2.45) is 5.10 Å². The molecule has 3 N–H and O–H groups in total. The number of hydrogen-bond donors (Lipinski definition) is 3. The molecule has 0 unspecified atom stereocenters. The number of anilines is 1. The Balaban J connectivity index is 0.000000868. The summed E-state index contributed by atoms with van der Waals surface area (Å²) in [5.74, 6) is 0. The van der Waals surface area contributed by atoms with Gasteiger partial charge in [-0.25, -0.2) is 9.97 Å². The first-order valence-corrected chi connectivity index (χ1v) is 11.5. The molecule has 5 aromatic rings. The van der Waals surface area contributed by atoms with Gasteiger partial charge in [-0.1, -0.05) is 46.9 Å². The molecule has 13 heteroatoms. The van der Waals surface area contributed by atoms with E-state index in [2.05, 4.69) is 30.9 Å². The number of nitrogens with one attached hydrogen (secondary N) is 3. The molecular formula is C21H18F3N7OS2. The molecule has 3 heterocycles. The molecule has 34 heavy (non-hydrogen) atoms. The normalized spacial score (nSPS) is 11.8. The van der Waals surface area contributed by atoms with Crippen LogP contribution in [0.3, 0.4) is 0 Å². The fourth-order valence-electron chi connectivity index (χ4n) is 2.95. The van der Waals surface area contributed by atoms with Gasteiger partial charge in [-0.05, 0) is 38.4 Å². The fourth-order valence-corrected chi connectivity index (χ4v) is 4.69. The van der Waals surface area contributed by atoms with Crippen LogP contribution >= 0.6 is 22.7 Å². The molecule has 176 valence electrons. The smallest absolute Gasteiger partial charge is 0.323 e. The van der Waals surface area contributed by atoms with Crippen molar-refractivity contribution in [2.45, 2.75) is 6.18 Å². The first-order valence-electron chi connectivity index (χ1n) is 9.83. The summed E-state index contributed by atoms with van der Waals surface area (Å²) < 4.78 is 43.1. The van der Waals surface area contributed by atoms with Crippen molar-refractivity contribution in [2.75, 3.05) is 19.5 Å². The summed E-state index contributed by atoms with van der Waals surface area (Å²) in [6, 6.07) is 14.4. The maximum absolute atomic E-state index is 13.6. The van der Waals surface area contributed by atoms with Crippen LogP contribution in [0.2, 0.25) is 0 Å². The number of para-hydroxylation sites is 2. The van der Waals surface area contributed by atoms with Crippen LogP contribution in [0.15, 0.2) is 58.4 Å². The lowest BCUT2D eigenvalue weighted by Gasteiger charge is -2.03. The summed E-state index contributed by atoms with van der Waals surface area (Å²) in [6.45, 7) is 0. The Labute approximate surface area is 198 Å². The van der Waals surface area contributed by atoms with E-state index >= 15 is 0 Å². The summed E-state index contributed by atoms with van der Waals surface area (Å²) in [7, 11) is 3.75. The second-order valence-electron chi connectivity index (χ2n) is 6.86. The predicted octanol–water partition coefficient (Wildman–Crippen LogP) is 4.69. The minimum atomic E-state index is -4.78. The number of aromatic nitrogens is 4. The zero-order valence-corrected chi connectivity index (χ0v) is 19.5. The average molecular weight is 506 g/mol. The van der Waals surface area contributed by atoms with E-state index < -0.39 is 23.0 Å². The monoisotopic (exact) mass is 505 g/mol. The van der Waals surface area contributed by atoms with Crippen molar-refractivity contribution in [1.29, 1.82) is 0 Å². The number of hydrogen-bond acceptors (Lipinski definition) is 8. The minimum absolute atomic E-state index is 0.107. The quantitative estimate of drug-likeness (QED) is 0.243. The van der Waals surface area contributed by atoms with Crippen LogP contribution < -0.4 is 16.3 Å². The lowest BCUT2D eigenvalue weighted by atomic mass is 10.2. The van der Waals surface area contributed by atoms with Gasteiger partial charge in [0.2, 0.25) is 10.3 Å². The lowest BCUT2D eigenvalue weighted by molar-refractivity contribution is -0.141. The van der Waals surface area contributed by atoms with Gasteiger partial charge in [0.25, 0.3) is 5.56 Å². The summed E-state index contributed by atoms with van der Waals surface area (Å²) in [5.41, 5.74) is 1.19. The zero-order valence-electron chi connectivity index (χ0n) is 17.8. The first kappa shape index (κ1) is 23.6. The first-order chi connectivity index (χ1) is 16.3. The van der Waals surface area contributed by atoms with Crippen LogP contribution in [0.5, 0.6) is 0 Å². The van der Waals surface area contributed by atoms with Gasteiger partial charge in [-0.15, -0.1) is 0 Å². The van der Waals surface area contributed by atoms with Crippen molar-refractivity contribution in [3.05, 3.63) is 70.1 Å². The van der Waals surface area contributed by atoms with Gasteiger partial charge in [0.05, 0.1) is 32.2 Å². The highest BCUT2D eigenvalue weighted by atomic mass is 32.1. The third-order valence-corrected chi connectivity index (χ3v) is 6.29. The maximum atomic E-state index is 13.6. The molecule has 0 spiro atoms.